The molecule has 0 heterocycles. The van der Waals surface area contributed by atoms with Crippen LogP contribution in [-0.2, 0) is 26.2 Å². The molecular formula is C30H35Br2N3O5S. The van der Waals surface area contributed by atoms with Crippen molar-refractivity contribution < 1.29 is 22.7 Å². The fraction of sp³-hybridized carbons (Fsp3) is 0.333. The zero-order valence-electron chi connectivity index (χ0n) is 23.3. The molecule has 11 heteroatoms. The lowest BCUT2D eigenvalue weighted by Crippen LogP contribution is -2.51. The van der Waals surface area contributed by atoms with Crippen molar-refractivity contribution in [3.63, 3.8) is 0 Å². The molecule has 0 aromatic heterocycles. The highest BCUT2D eigenvalue weighted by atomic mass is 79.9. The van der Waals surface area contributed by atoms with E-state index < -0.39 is 28.5 Å². The van der Waals surface area contributed by atoms with Crippen molar-refractivity contribution in [1.82, 2.24) is 10.2 Å². The summed E-state index contributed by atoms with van der Waals surface area (Å²) in [6.07, 6.45) is 1.73. The van der Waals surface area contributed by atoms with Crippen molar-refractivity contribution in [1.29, 1.82) is 0 Å². The Morgan fingerprint density at radius 1 is 0.951 bits per heavy atom. The van der Waals surface area contributed by atoms with Crippen molar-refractivity contribution in [2.75, 3.05) is 24.0 Å². The molecule has 0 aliphatic carbocycles. The quantitative estimate of drug-likeness (QED) is 0.203. The number of halogens is 2. The topological polar surface area (TPSA) is 96.0 Å². The summed E-state index contributed by atoms with van der Waals surface area (Å²) in [6.45, 7) is 6.11. The van der Waals surface area contributed by atoms with Crippen LogP contribution in [0.4, 0.5) is 5.69 Å². The number of amides is 2. The van der Waals surface area contributed by atoms with Crippen LogP contribution in [0.15, 0.2) is 86.6 Å². The maximum Gasteiger partial charge on any atom is 0.264 e. The molecule has 0 spiro atoms. The predicted molar refractivity (Wildman–Crippen MR) is 168 cm³/mol. The molecule has 0 fully saturated rings. The number of benzene rings is 3. The minimum absolute atomic E-state index is 0.0336. The summed E-state index contributed by atoms with van der Waals surface area (Å²) in [6, 6.07) is 19.4. The lowest BCUT2D eigenvalue weighted by molar-refractivity contribution is -0.139. The largest absolute Gasteiger partial charge is 0.494 e. The van der Waals surface area contributed by atoms with Crippen molar-refractivity contribution >= 4 is 59.4 Å². The number of unbranched alkanes of at least 4 members (excludes halogenated alkanes) is 1. The van der Waals surface area contributed by atoms with Crippen LogP contribution in [0.1, 0.15) is 39.2 Å². The monoisotopic (exact) mass is 707 g/mol. The average molecular weight is 710 g/mol. The van der Waals surface area contributed by atoms with Gasteiger partial charge in [-0.25, -0.2) is 8.42 Å². The van der Waals surface area contributed by atoms with E-state index in [1.807, 2.05) is 38.1 Å². The minimum atomic E-state index is -4.15. The smallest absolute Gasteiger partial charge is 0.264 e. The normalized spacial score (nSPS) is 11.9. The first-order valence-corrected chi connectivity index (χ1v) is 16.4. The van der Waals surface area contributed by atoms with Crippen LogP contribution in [0.2, 0.25) is 0 Å². The highest BCUT2D eigenvalue weighted by Gasteiger charge is 2.32. The second-order valence-electron chi connectivity index (χ2n) is 9.36. The Morgan fingerprint density at radius 3 is 2.24 bits per heavy atom. The van der Waals surface area contributed by atoms with E-state index in [9.17, 15) is 18.0 Å². The Hall–Kier alpha value is -2.89. The molecule has 0 radical (unpaired) electrons. The standard InChI is InChI=1S/C30H35Br2N3O5S/c1-4-6-18-33-30(37)22(3)34(20-23-8-7-9-25(32)19-23)29(36)21-35(26-12-14-27(15-13-26)40-5-2)41(38,39)28-16-10-24(31)11-17-28/h7-17,19,22H,4-6,18,20-21H2,1-3H3,(H,33,37). The molecule has 220 valence electrons. The van der Waals surface area contributed by atoms with Gasteiger partial charge in [-0.2, -0.15) is 0 Å². The van der Waals surface area contributed by atoms with Gasteiger partial charge < -0.3 is 15.0 Å². The molecule has 0 aliphatic rings. The van der Waals surface area contributed by atoms with Gasteiger partial charge in [0.1, 0.15) is 18.3 Å². The number of nitrogens with zero attached hydrogens (tertiary/aromatic N) is 2. The van der Waals surface area contributed by atoms with Gasteiger partial charge in [0, 0.05) is 22.0 Å². The molecule has 0 saturated heterocycles. The molecule has 1 N–H and O–H groups in total. The number of anilines is 1. The Balaban J connectivity index is 2.00. The molecule has 1 unspecified atom stereocenters. The third-order valence-corrected chi connectivity index (χ3v) is 9.17. The van der Waals surface area contributed by atoms with E-state index in [2.05, 4.69) is 37.2 Å². The van der Waals surface area contributed by atoms with Crippen molar-refractivity contribution in [3.05, 3.63) is 87.3 Å². The lowest BCUT2D eigenvalue weighted by Gasteiger charge is -2.32. The maximum absolute atomic E-state index is 14.0. The maximum atomic E-state index is 14.0. The number of carbonyl (C=O) groups is 2. The minimum Gasteiger partial charge on any atom is -0.494 e. The van der Waals surface area contributed by atoms with Gasteiger partial charge in [-0.05, 0) is 86.5 Å². The molecular weight excluding hydrogens is 674 g/mol. The Bertz CT molecular complexity index is 1420. The number of sulfonamides is 1. The van der Waals surface area contributed by atoms with E-state index in [0.29, 0.717) is 24.6 Å². The van der Waals surface area contributed by atoms with Crippen molar-refractivity contribution in [2.45, 2.75) is 51.1 Å². The Kier molecular flexibility index (Phi) is 12.2. The summed E-state index contributed by atoms with van der Waals surface area (Å²) in [7, 11) is -4.15. The second-order valence-corrected chi connectivity index (χ2v) is 13.1. The van der Waals surface area contributed by atoms with Gasteiger partial charge in [0.05, 0.1) is 17.2 Å². The molecule has 2 amide bonds. The van der Waals surface area contributed by atoms with E-state index >= 15 is 0 Å². The molecule has 0 saturated carbocycles. The molecule has 3 rings (SSSR count). The molecule has 0 aliphatic heterocycles. The fourth-order valence-electron chi connectivity index (χ4n) is 4.09. The van der Waals surface area contributed by atoms with Gasteiger partial charge in [0.25, 0.3) is 10.0 Å². The second kappa shape index (κ2) is 15.4. The first-order valence-electron chi connectivity index (χ1n) is 13.4. The van der Waals surface area contributed by atoms with Gasteiger partial charge >= 0.3 is 0 Å². The number of hydrogen-bond donors (Lipinski definition) is 1. The molecule has 0 bridgehead atoms. The average Bonchev–Trinajstić information content (AvgIpc) is 2.95. The first-order chi connectivity index (χ1) is 19.6. The fourth-order valence-corrected chi connectivity index (χ4v) is 6.21. The summed E-state index contributed by atoms with van der Waals surface area (Å²) in [5, 5.41) is 2.89. The van der Waals surface area contributed by atoms with E-state index in [0.717, 1.165) is 31.7 Å². The van der Waals surface area contributed by atoms with Crippen LogP contribution in [-0.4, -0.2) is 50.9 Å². The number of carbonyl (C=O) groups excluding carboxylic acids is 2. The van der Waals surface area contributed by atoms with E-state index in [-0.39, 0.29) is 17.3 Å². The van der Waals surface area contributed by atoms with Crippen LogP contribution in [0, 0.1) is 0 Å². The highest BCUT2D eigenvalue weighted by Crippen LogP contribution is 2.27. The lowest BCUT2D eigenvalue weighted by atomic mass is 10.1. The number of rotatable bonds is 14. The summed E-state index contributed by atoms with van der Waals surface area (Å²) >= 11 is 6.80. The van der Waals surface area contributed by atoms with Crippen LogP contribution in [0.25, 0.3) is 0 Å². The summed E-state index contributed by atoms with van der Waals surface area (Å²) < 4.78 is 36.0. The third-order valence-electron chi connectivity index (χ3n) is 6.36. The van der Waals surface area contributed by atoms with Crippen molar-refractivity contribution in [3.8, 4) is 5.75 Å². The zero-order valence-corrected chi connectivity index (χ0v) is 27.3. The zero-order chi connectivity index (χ0) is 30.0. The predicted octanol–water partition coefficient (Wildman–Crippen LogP) is 6.14. The number of ether oxygens (including phenoxy) is 1. The van der Waals surface area contributed by atoms with E-state index in [1.165, 1.54) is 17.0 Å². The van der Waals surface area contributed by atoms with Crippen LogP contribution in [0.5, 0.6) is 5.75 Å². The molecule has 41 heavy (non-hydrogen) atoms. The van der Waals surface area contributed by atoms with Gasteiger partial charge in [0.2, 0.25) is 11.8 Å². The van der Waals surface area contributed by atoms with Crippen LogP contribution < -0.4 is 14.4 Å². The van der Waals surface area contributed by atoms with Gasteiger partial charge in [-0.15, -0.1) is 0 Å². The Morgan fingerprint density at radius 2 is 1.63 bits per heavy atom. The molecule has 3 aromatic rings. The van der Waals surface area contributed by atoms with Gasteiger partial charge in [-0.1, -0.05) is 57.3 Å². The number of nitrogens with one attached hydrogen (secondary N) is 1. The molecule has 3 aromatic carbocycles. The van der Waals surface area contributed by atoms with Crippen LogP contribution >= 0.6 is 31.9 Å². The SMILES string of the molecule is CCCCNC(=O)C(C)N(Cc1cccc(Br)c1)C(=O)CN(c1ccc(OCC)cc1)S(=O)(=O)c1ccc(Br)cc1. The summed E-state index contributed by atoms with van der Waals surface area (Å²) in [5.74, 6) is -0.236. The third kappa shape index (κ3) is 9.05. The summed E-state index contributed by atoms with van der Waals surface area (Å²) in [4.78, 5) is 28.5. The molecule has 8 nitrogen and oxygen atoms in total. The Labute approximate surface area is 259 Å². The van der Waals surface area contributed by atoms with Crippen LogP contribution in [0.3, 0.4) is 0 Å². The van der Waals surface area contributed by atoms with Gasteiger partial charge in [0.15, 0.2) is 0 Å². The van der Waals surface area contributed by atoms with E-state index in [4.69, 9.17) is 4.74 Å². The van der Waals surface area contributed by atoms with Crippen molar-refractivity contribution in [2.24, 2.45) is 0 Å². The van der Waals surface area contributed by atoms with Gasteiger partial charge in [-0.3, -0.25) is 13.9 Å². The van der Waals surface area contributed by atoms with E-state index in [1.54, 1.807) is 43.3 Å². The summed E-state index contributed by atoms with van der Waals surface area (Å²) in [5.41, 5.74) is 1.09. The highest BCUT2D eigenvalue weighted by molar-refractivity contribution is 9.10. The first kappa shape index (κ1) is 32.6. The molecule has 1 atom stereocenters. The number of hydrogen-bond acceptors (Lipinski definition) is 5.